The molecule has 0 aliphatic rings. The average Bonchev–Trinajstić information content (AvgIpc) is 2.83. The van der Waals surface area contributed by atoms with Crippen molar-refractivity contribution >= 4 is 17.5 Å². The Balaban J connectivity index is 2.84. The number of methoxy groups -OCH3 is 1. The maximum Gasteiger partial charge on any atom is 0.223 e. The Hall–Kier alpha value is -1.42. The summed E-state index contributed by atoms with van der Waals surface area (Å²) in [5.74, 6) is 0.199. The highest BCUT2D eigenvalue weighted by atomic mass is 35.5. The van der Waals surface area contributed by atoms with Gasteiger partial charge in [-0.15, -0.1) is 0 Å². The Morgan fingerprint density at radius 3 is 2.35 bits per heavy atom. The molecular weight excluding hydrogens is 494 g/mol. The zero-order valence-corrected chi connectivity index (χ0v) is 24.5. The summed E-state index contributed by atoms with van der Waals surface area (Å²) in [5, 5.41) is 24.1. The fourth-order valence-corrected chi connectivity index (χ4v) is 4.23. The first kappa shape index (κ1) is 33.6. The van der Waals surface area contributed by atoms with Crippen LogP contribution in [-0.2, 0) is 16.1 Å². The van der Waals surface area contributed by atoms with Crippen molar-refractivity contribution in [1.82, 2.24) is 10.2 Å². The van der Waals surface area contributed by atoms with Crippen molar-refractivity contribution < 1.29 is 24.5 Å². The molecule has 0 radical (unpaired) electrons. The highest BCUT2D eigenvalue weighted by molar-refractivity contribution is 6.32. The summed E-state index contributed by atoms with van der Waals surface area (Å²) < 4.78 is 10.9. The largest absolute Gasteiger partial charge is 0.492 e. The van der Waals surface area contributed by atoms with Gasteiger partial charge in [-0.3, -0.25) is 9.69 Å². The summed E-state index contributed by atoms with van der Waals surface area (Å²) in [7, 11) is 1.66. The van der Waals surface area contributed by atoms with Crippen LogP contribution < -0.4 is 15.8 Å². The number of aliphatic hydroxyl groups is 2. The lowest BCUT2D eigenvalue weighted by Crippen LogP contribution is -2.50. The molecule has 4 atom stereocenters. The maximum atomic E-state index is 12.9. The van der Waals surface area contributed by atoms with Gasteiger partial charge in [0.2, 0.25) is 5.91 Å². The van der Waals surface area contributed by atoms with Gasteiger partial charge in [0.05, 0.1) is 30.4 Å². The van der Waals surface area contributed by atoms with Crippen LogP contribution in [0.3, 0.4) is 0 Å². The average molecular weight is 544 g/mol. The van der Waals surface area contributed by atoms with Crippen molar-refractivity contribution in [2.45, 2.75) is 85.2 Å². The molecule has 0 bridgehead atoms. The number of halogens is 1. The molecule has 0 aromatic heterocycles. The third kappa shape index (κ3) is 11.9. The highest BCUT2D eigenvalue weighted by Crippen LogP contribution is 2.27. The fraction of sp³-hybridized carbons (Fsp3) is 0.750. The molecule has 214 valence electrons. The first-order valence-corrected chi connectivity index (χ1v) is 13.8. The molecule has 1 aromatic rings. The Morgan fingerprint density at radius 2 is 1.81 bits per heavy atom. The van der Waals surface area contributed by atoms with Gasteiger partial charge in [0.15, 0.2) is 0 Å². The van der Waals surface area contributed by atoms with E-state index in [4.69, 9.17) is 26.8 Å². The van der Waals surface area contributed by atoms with E-state index in [9.17, 15) is 15.0 Å². The number of ether oxygens (including phenoxy) is 2. The number of hydrogen-bond acceptors (Lipinski definition) is 7. The summed E-state index contributed by atoms with van der Waals surface area (Å²) in [4.78, 5) is 15.1. The molecule has 0 heterocycles. The Bertz CT molecular complexity index is 793. The first-order chi connectivity index (χ1) is 17.4. The van der Waals surface area contributed by atoms with Crippen molar-refractivity contribution in [3.8, 4) is 5.75 Å². The van der Waals surface area contributed by atoms with Crippen molar-refractivity contribution in [3.05, 3.63) is 28.8 Å². The number of nitrogens with zero attached hydrogens (tertiary/aromatic N) is 1. The number of carbonyl (C=O) groups is 1. The molecule has 9 heteroatoms. The van der Waals surface area contributed by atoms with Gasteiger partial charge >= 0.3 is 0 Å². The van der Waals surface area contributed by atoms with Crippen LogP contribution in [0.1, 0.15) is 59.9 Å². The molecular formula is C28H50ClN3O5. The van der Waals surface area contributed by atoms with Crippen LogP contribution >= 0.6 is 11.6 Å². The third-order valence-corrected chi connectivity index (χ3v) is 7.08. The number of rotatable bonds is 18. The minimum atomic E-state index is -0.851. The number of carbonyl (C=O) groups excluding carboxylic acids is 1. The minimum Gasteiger partial charge on any atom is -0.492 e. The van der Waals surface area contributed by atoms with Crippen LogP contribution in [0.4, 0.5) is 0 Å². The minimum absolute atomic E-state index is 0.0194. The van der Waals surface area contributed by atoms with Crippen LogP contribution in [0.2, 0.25) is 5.02 Å². The zero-order chi connectivity index (χ0) is 28.1. The summed E-state index contributed by atoms with van der Waals surface area (Å²) >= 11 is 6.32. The number of hydrogen-bond donors (Lipinski definition) is 4. The second-order valence-corrected chi connectivity index (χ2v) is 11.2. The molecule has 0 aliphatic heterocycles. The SMILES string of the molecule is COCCCOc1cc(CN(C[C@H](N)[C@@H](O)C[C@H](C(=O)N[C@H](CO)C(C)C)C(C)C)C(C)C)ccc1Cl. The monoisotopic (exact) mass is 543 g/mol. The third-order valence-electron chi connectivity index (χ3n) is 6.77. The zero-order valence-electron chi connectivity index (χ0n) is 23.7. The molecule has 1 amide bonds. The molecule has 1 rings (SSSR count). The number of aliphatic hydroxyl groups excluding tert-OH is 2. The van der Waals surface area contributed by atoms with E-state index in [0.29, 0.717) is 37.1 Å². The van der Waals surface area contributed by atoms with Crippen molar-refractivity contribution in [2.24, 2.45) is 23.5 Å². The number of benzene rings is 1. The van der Waals surface area contributed by atoms with Crippen LogP contribution in [0.5, 0.6) is 5.75 Å². The summed E-state index contributed by atoms with van der Waals surface area (Å²) in [5.41, 5.74) is 7.49. The fourth-order valence-electron chi connectivity index (χ4n) is 4.06. The van der Waals surface area contributed by atoms with E-state index < -0.39 is 18.1 Å². The van der Waals surface area contributed by atoms with Gasteiger partial charge < -0.3 is 30.7 Å². The van der Waals surface area contributed by atoms with E-state index in [-0.39, 0.29) is 42.9 Å². The lowest BCUT2D eigenvalue weighted by Gasteiger charge is -2.33. The van der Waals surface area contributed by atoms with Gasteiger partial charge in [-0.25, -0.2) is 0 Å². The van der Waals surface area contributed by atoms with Gasteiger partial charge in [-0.2, -0.15) is 0 Å². The predicted molar refractivity (Wildman–Crippen MR) is 150 cm³/mol. The second kappa shape index (κ2) is 17.2. The van der Waals surface area contributed by atoms with Crippen LogP contribution in [0.15, 0.2) is 18.2 Å². The quantitative estimate of drug-likeness (QED) is 0.209. The molecule has 0 saturated heterocycles. The molecule has 0 saturated carbocycles. The molecule has 0 unspecified atom stereocenters. The van der Waals surface area contributed by atoms with E-state index in [1.165, 1.54) is 0 Å². The molecule has 0 spiro atoms. The van der Waals surface area contributed by atoms with Gasteiger partial charge in [0.1, 0.15) is 5.75 Å². The van der Waals surface area contributed by atoms with E-state index in [1.807, 2.05) is 45.9 Å². The standard InChI is InChI=1S/C28H50ClN3O5/c1-18(2)22(28(35)31-25(17-33)19(3)4)14-26(34)24(30)16-32(20(5)6)15-21-9-10-23(29)27(13-21)37-12-8-11-36-7/h9-10,13,18-20,22,24-26,33-34H,8,11-12,14-17,30H2,1-7H3,(H,31,35)/t22-,24-,25+,26-/m0/s1. The lowest BCUT2D eigenvalue weighted by molar-refractivity contribution is -0.129. The summed E-state index contributed by atoms with van der Waals surface area (Å²) in [6, 6.07) is 5.07. The maximum absolute atomic E-state index is 12.9. The normalized spacial score (nSPS) is 15.3. The number of nitrogens with two attached hydrogens (primary N) is 1. The lowest BCUT2D eigenvalue weighted by atomic mass is 9.86. The molecule has 8 nitrogen and oxygen atoms in total. The van der Waals surface area contributed by atoms with Crippen molar-refractivity contribution in [2.75, 3.05) is 33.5 Å². The number of amides is 1. The molecule has 5 N–H and O–H groups in total. The smallest absolute Gasteiger partial charge is 0.223 e. The first-order valence-electron chi connectivity index (χ1n) is 13.4. The molecule has 0 aliphatic carbocycles. The topological polar surface area (TPSA) is 117 Å². The van der Waals surface area contributed by atoms with Crippen LogP contribution in [0, 0.1) is 17.8 Å². The molecule has 37 heavy (non-hydrogen) atoms. The second-order valence-electron chi connectivity index (χ2n) is 10.8. The van der Waals surface area contributed by atoms with Crippen molar-refractivity contribution in [3.63, 3.8) is 0 Å². The van der Waals surface area contributed by atoms with Crippen LogP contribution in [-0.4, -0.2) is 78.7 Å². The Kier molecular flexibility index (Phi) is 15.6. The van der Waals surface area contributed by atoms with E-state index in [1.54, 1.807) is 7.11 Å². The number of nitrogens with one attached hydrogen (secondary N) is 1. The van der Waals surface area contributed by atoms with Gasteiger partial charge in [0, 0.05) is 51.2 Å². The van der Waals surface area contributed by atoms with Gasteiger partial charge in [-0.1, -0.05) is 45.4 Å². The molecule has 1 aromatic carbocycles. The van der Waals surface area contributed by atoms with Crippen molar-refractivity contribution in [1.29, 1.82) is 0 Å². The van der Waals surface area contributed by atoms with Gasteiger partial charge in [0.25, 0.3) is 0 Å². The van der Waals surface area contributed by atoms with E-state index >= 15 is 0 Å². The Morgan fingerprint density at radius 1 is 1.14 bits per heavy atom. The Labute approximate surface area is 228 Å². The molecule has 0 fully saturated rings. The van der Waals surface area contributed by atoms with E-state index in [2.05, 4.69) is 24.1 Å². The summed E-state index contributed by atoms with van der Waals surface area (Å²) in [6.07, 6.45) is 0.179. The van der Waals surface area contributed by atoms with E-state index in [0.717, 1.165) is 12.0 Å². The highest BCUT2D eigenvalue weighted by Gasteiger charge is 2.30. The predicted octanol–water partition coefficient (Wildman–Crippen LogP) is 3.45. The summed E-state index contributed by atoms with van der Waals surface area (Å²) in [6.45, 7) is 14.1. The van der Waals surface area contributed by atoms with Crippen LogP contribution in [0.25, 0.3) is 0 Å². The van der Waals surface area contributed by atoms with Gasteiger partial charge in [-0.05, 0) is 49.8 Å².